The van der Waals surface area contributed by atoms with E-state index in [1.54, 1.807) is 0 Å². The minimum absolute atomic E-state index is 0. The van der Waals surface area contributed by atoms with Crippen LogP contribution < -0.4 is 110 Å². The van der Waals surface area contributed by atoms with E-state index in [0.717, 1.165) is 0 Å². The molecule has 0 radical (unpaired) electrons. The maximum absolute atomic E-state index is 10.1. The molecule has 0 aromatic rings. The molecule has 19 heavy (non-hydrogen) atoms. The van der Waals surface area contributed by atoms with E-state index in [1.165, 1.54) is 0 Å². The molecule has 0 bridgehead atoms. The standard InChI is InChI=1S/C6H8O7.CH3NO.3Na/c7-3(8)1-6(13,5(11)12)2-4(9)10;2-1-3;;;/h13H,1-2H2,(H,7,8)(H,9,10)(H,11,12);1H,(H2,2,3);;;/q;;3*+1/p-3. The average Bonchev–Trinajstić information content (AvgIpc) is 2.01. The van der Waals surface area contributed by atoms with Crippen molar-refractivity contribution in [1.82, 2.24) is 0 Å². The molecule has 12 heteroatoms. The fourth-order valence-electron chi connectivity index (χ4n) is 0.684. The predicted molar refractivity (Wildman–Crippen MR) is 39.5 cm³/mol. The molecule has 0 unspecified atom stereocenters. The van der Waals surface area contributed by atoms with Crippen LogP contribution in [0.5, 0.6) is 0 Å². The first-order valence-electron chi connectivity index (χ1n) is 3.68. The summed E-state index contributed by atoms with van der Waals surface area (Å²) in [6.45, 7) is 0. The number of carbonyl (C=O) groups excluding carboxylic acids is 4. The Morgan fingerprint density at radius 2 is 1.21 bits per heavy atom. The molecular weight excluding hydrogens is 295 g/mol. The number of aliphatic carboxylic acids is 3. The van der Waals surface area contributed by atoms with Crippen molar-refractivity contribution in [2.45, 2.75) is 18.4 Å². The van der Waals surface area contributed by atoms with Crippen molar-refractivity contribution in [1.29, 1.82) is 0 Å². The van der Waals surface area contributed by atoms with Crippen LogP contribution in [0.25, 0.3) is 0 Å². The molecular formula is C7H8NNa3O8. The van der Waals surface area contributed by atoms with Crippen molar-refractivity contribution < 1.29 is 128 Å². The molecule has 92 valence electrons. The zero-order chi connectivity index (χ0) is 13.4. The first-order chi connectivity index (χ1) is 7.19. The number of carboxylic acid groups (broad SMARTS) is 3. The summed E-state index contributed by atoms with van der Waals surface area (Å²) >= 11 is 0. The fraction of sp³-hybridized carbons (Fsp3) is 0.429. The number of hydrogen-bond donors (Lipinski definition) is 2. The van der Waals surface area contributed by atoms with Crippen molar-refractivity contribution in [2.24, 2.45) is 5.73 Å². The van der Waals surface area contributed by atoms with Gasteiger partial charge in [-0.1, -0.05) is 0 Å². The van der Waals surface area contributed by atoms with Crippen molar-refractivity contribution >= 4 is 24.3 Å². The second-order valence-corrected chi connectivity index (χ2v) is 2.55. The zero-order valence-electron chi connectivity index (χ0n) is 10.9. The number of rotatable bonds is 5. The number of carboxylic acids is 3. The first kappa shape index (κ1) is 32.0. The minimum atomic E-state index is -2.97. The first-order valence-corrected chi connectivity index (χ1v) is 3.68. The summed E-state index contributed by atoms with van der Waals surface area (Å²) in [5.41, 5.74) is 1.19. The summed E-state index contributed by atoms with van der Waals surface area (Å²) < 4.78 is 0. The third-order valence-electron chi connectivity index (χ3n) is 1.25. The molecule has 1 amide bonds. The summed E-state index contributed by atoms with van der Waals surface area (Å²) in [5, 5.41) is 38.9. The molecule has 0 rings (SSSR count). The topological polar surface area (TPSA) is 184 Å². The molecule has 0 heterocycles. The van der Waals surface area contributed by atoms with Gasteiger partial charge in [0.15, 0.2) is 0 Å². The number of primary amides is 1. The van der Waals surface area contributed by atoms with Crippen LogP contribution in [-0.2, 0) is 19.2 Å². The molecule has 0 atom stereocenters. The van der Waals surface area contributed by atoms with Crippen molar-refractivity contribution in [3.8, 4) is 0 Å². The van der Waals surface area contributed by atoms with Gasteiger partial charge in [-0.2, -0.15) is 0 Å². The molecule has 0 fully saturated rings. The van der Waals surface area contributed by atoms with Crippen LogP contribution in [0.3, 0.4) is 0 Å². The summed E-state index contributed by atoms with van der Waals surface area (Å²) in [6, 6.07) is 0. The van der Waals surface area contributed by atoms with E-state index in [-0.39, 0.29) is 95.1 Å². The maximum atomic E-state index is 10.1. The van der Waals surface area contributed by atoms with Gasteiger partial charge in [0.05, 0.1) is 5.97 Å². The summed E-state index contributed by atoms with van der Waals surface area (Å²) in [7, 11) is 0. The molecule has 0 aliphatic heterocycles. The van der Waals surface area contributed by atoms with Gasteiger partial charge in [-0.05, 0) is 0 Å². The Bertz CT molecular complexity index is 282. The van der Waals surface area contributed by atoms with E-state index in [1.807, 2.05) is 0 Å². The third kappa shape index (κ3) is 18.8. The summed E-state index contributed by atoms with van der Waals surface area (Å²) in [6.07, 6.45) is -2.47. The number of hydrogen-bond acceptors (Lipinski definition) is 8. The fourth-order valence-corrected chi connectivity index (χ4v) is 0.684. The van der Waals surface area contributed by atoms with Gasteiger partial charge >= 0.3 is 88.7 Å². The molecule has 9 nitrogen and oxygen atoms in total. The second-order valence-electron chi connectivity index (χ2n) is 2.55. The number of carbonyl (C=O) groups is 4. The van der Waals surface area contributed by atoms with E-state index < -0.39 is 36.4 Å². The SMILES string of the molecule is NC=O.O=C([O-])CC(O)(CC(=O)[O-])C(=O)[O-].[Na+].[Na+].[Na+]. The maximum Gasteiger partial charge on any atom is 1.00 e. The van der Waals surface area contributed by atoms with Crippen LogP contribution in [0.4, 0.5) is 0 Å². The normalized spacial score (nSPS) is 8.05. The Morgan fingerprint density at radius 3 is 1.32 bits per heavy atom. The third-order valence-corrected chi connectivity index (χ3v) is 1.25. The predicted octanol–water partition coefficient (Wildman–Crippen LogP) is -15.1. The van der Waals surface area contributed by atoms with Crippen LogP contribution >= 0.6 is 0 Å². The van der Waals surface area contributed by atoms with Crippen molar-refractivity contribution in [3.63, 3.8) is 0 Å². The van der Waals surface area contributed by atoms with Crippen molar-refractivity contribution in [2.75, 3.05) is 0 Å². The van der Waals surface area contributed by atoms with Gasteiger partial charge in [0.25, 0.3) is 0 Å². The number of nitrogens with two attached hydrogens (primary N) is 1. The monoisotopic (exact) mass is 303 g/mol. The molecule has 0 spiro atoms. The van der Waals surface area contributed by atoms with Gasteiger partial charge in [-0.15, -0.1) is 0 Å². The van der Waals surface area contributed by atoms with Gasteiger partial charge in [0.1, 0.15) is 5.60 Å². The van der Waals surface area contributed by atoms with Gasteiger partial charge in [-0.3, -0.25) is 4.79 Å². The van der Waals surface area contributed by atoms with Gasteiger partial charge < -0.3 is 40.5 Å². The summed E-state index contributed by atoms with van der Waals surface area (Å²) in [5.74, 6) is -5.98. The van der Waals surface area contributed by atoms with E-state index in [9.17, 15) is 29.7 Å². The van der Waals surface area contributed by atoms with Crippen LogP contribution in [0, 0.1) is 0 Å². The van der Waals surface area contributed by atoms with E-state index in [2.05, 4.69) is 5.73 Å². The van der Waals surface area contributed by atoms with Crippen molar-refractivity contribution in [3.05, 3.63) is 0 Å². The number of amides is 1. The molecule has 0 aromatic carbocycles. The average molecular weight is 303 g/mol. The van der Waals surface area contributed by atoms with Crippen LogP contribution in [-0.4, -0.2) is 35.0 Å². The van der Waals surface area contributed by atoms with Gasteiger partial charge in [-0.25, -0.2) is 0 Å². The minimum Gasteiger partial charge on any atom is -0.550 e. The Morgan fingerprint density at radius 1 is 1.00 bits per heavy atom. The van der Waals surface area contributed by atoms with Crippen LogP contribution in [0.2, 0.25) is 0 Å². The second kappa shape index (κ2) is 16.9. The van der Waals surface area contributed by atoms with E-state index in [0.29, 0.717) is 0 Å². The van der Waals surface area contributed by atoms with Gasteiger partial charge in [0.2, 0.25) is 6.41 Å². The quantitative estimate of drug-likeness (QED) is 0.370. The smallest absolute Gasteiger partial charge is 0.550 e. The van der Waals surface area contributed by atoms with E-state index in [4.69, 9.17) is 9.90 Å². The Hall–Kier alpha value is 0.840. The Balaban J connectivity index is -0.0000000992. The summed E-state index contributed by atoms with van der Waals surface area (Å²) in [4.78, 5) is 38.6. The Labute approximate surface area is 174 Å². The Kier molecular flexibility index (Phi) is 28.4. The molecule has 0 aliphatic rings. The molecule has 0 saturated carbocycles. The molecule has 3 N–H and O–H groups in total. The van der Waals surface area contributed by atoms with Crippen LogP contribution in [0.1, 0.15) is 12.8 Å². The molecule has 0 aliphatic carbocycles. The zero-order valence-corrected chi connectivity index (χ0v) is 16.9. The van der Waals surface area contributed by atoms with E-state index >= 15 is 0 Å². The molecule has 0 saturated heterocycles. The number of aliphatic hydroxyl groups is 1. The van der Waals surface area contributed by atoms with Gasteiger partial charge in [0, 0.05) is 24.8 Å². The largest absolute Gasteiger partial charge is 1.00 e. The molecule has 0 aromatic heterocycles. The van der Waals surface area contributed by atoms with Crippen LogP contribution in [0.15, 0.2) is 0 Å².